The van der Waals surface area contributed by atoms with Crippen molar-refractivity contribution in [1.29, 1.82) is 0 Å². The summed E-state index contributed by atoms with van der Waals surface area (Å²) in [5.41, 5.74) is 1.92. The lowest BCUT2D eigenvalue weighted by Gasteiger charge is -2.45. The molecule has 3 aliphatic rings. The maximum Gasteiger partial charge on any atom is 0.323 e. The molecule has 26 heavy (non-hydrogen) atoms. The molecule has 7 heteroatoms. The largest absolute Gasteiger partial charge is 0.480 e. The van der Waals surface area contributed by atoms with E-state index in [9.17, 15) is 19.5 Å². The van der Waals surface area contributed by atoms with Gasteiger partial charge in [-0.25, -0.2) is 0 Å². The molecule has 7 nitrogen and oxygen atoms in total. The summed E-state index contributed by atoms with van der Waals surface area (Å²) in [6, 6.07) is 5.08. The third-order valence-corrected chi connectivity index (χ3v) is 5.56. The second kappa shape index (κ2) is 6.63. The van der Waals surface area contributed by atoms with E-state index < -0.39 is 5.97 Å². The van der Waals surface area contributed by atoms with Crippen LogP contribution in [0.1, 0.15) is 42.5 Å². The monoisotopic (exact) mass is 357 g/mol. The van der Waals surface area contributed by atoms with E-state index in [2.05, 4.69) is 4.90 Å². The van der Waals surface area contributed by atoms with Gasteiger partial charge in [0.2, 0.25) is 5.91 Å². The predicted molar refractivity (Wildman–Crippen MR) is 96.6 cm³/mol. The van der Waals surface area contributed by atoms with Crippen LogP contribution in [0.25, 0.3) is 0 Å². The summed E-state index contributed by atoms with van der Waals surface area (Å²) in [4.78, 5) is 42.2. The minimum atomic E-state index is -1.05. The van der Waals surface area contributed by atoms with Gasteiger partial charge in [-0.2, -0.15) is 0 Å². The van der Waals surface area contributed by atoms with Gasteiger partial charge < -0.3 is 14.9 Å². The molecule has 0 bridgehead atoms. The summed E-state index contributed by atoms with van der Waals surface area (Å²) in [5, 5.41) is 9.27. The number of likely N-dealkylation sites (tertiary alicyclic amines) is 1. The molecular formula is C19H23N3O4. The number of carboxylic acids is 1. The zero-order valence-corrected chi connectivity index (χ0v) is 14.7. The highest BCUT2D eigenvalue weighted by Crippen LogP contribution is 2.40. The van der Waals surface area contributed by atoms with E-state index >= 15 is 0 Å². The summed E-state index contributed by atoms with van der Waals surface area (Å²) in [6.45, 7) is 1.91. The topological polar surface area (TPSA) is 81.2 Å². The fourth-order valence-corrected chi connectivity index (χ4v) is 4.29. The van der Waals surface area contributed by atoms with E-state index in [1.54, 1.807) is 12.1 Å². The van der Waals surface area contributed by atoms with Crippen molar-refractivity contribution in [3.8, 4) is 0 Å². The first-order valence-corrected chi connectivity index (χ1v) is 9.29. The van der Waals surface area contributed by atoms with Gasteiger partial charge in [0.25, 0.3) is 5.91 Å². The van der Waals surface area contributed by atoms with Crippen LogP contribution in [-0.4, -0.2) is 60.0 Å². The Bertz CT molecular complexity index is 757. The first kappa shape index (κ1) is 16.9. The molecule has 0 radical (unpaired) electrons. The summed E-state index contributed by atoms with van der Waals surface area (Å²) < 4.78 is 0. The van der Waals surface area contributed by atoms with Crippen LogP contribution in [0, 0.1) is 0 Å². The van der Waals surface area contributed by atoms with Crippen LogP contribution >= 0.6 is 0 Å². The Balaban J connectivity index is 1.74. The summed E-state index contributed by atoms with van der Waals surface area (Å²) in [6.07, 6.45) is 4.74. The predicted octanol–water partition coefficient (Wildman–Crippen LogP) is 1.71. The molecule has 3 heterocycles. The minimum absolute atomic E-state index is 0.0474. The smallest absolute Gasteiger partial charge is 0.323 e. The molecule has 2 saturated heterocycles. The Morgan fingerprint density at radius 1 is 1.04 bits per heavy atom. The lowest BCUT2D eigenvalue weighted by Crippen LogP contribution is -2.56. The van der Waals surface area contributed by atoms with Crippen molar-refractivity contribution < 1.29 is 19.5 Å². The van der Waals surface area contributed by atoms with Gasteiger partial charge in [-0.05, 0) is 50.3 Å². The van der Waals surface area contributed by atoms with Gasteiger partial charge in [-0.1, -0.05) is 0 Å². The summed E-state index contributed by atoms with van der Waals surface area (Å²) >= 11 is 0. The second-order valence-electron chi connectivity index (χ2n) is 7.23. The number of carbonyl (C=O) groups excluding carboxylic acids is 2. The molecule has 0 aromatic heterocycles. The molecule has 0 aliphatic carbocycles. The summed E-state index contributed by atoms with van der Waals surface area (Å²) in [7, 11) is 0. The van der Waals surface area contributed by atoms with Crippen LogP contribution in [-0.2, 0) is 9.59 Å². The summed E-state index contributed by atoms with van der Waals surface area (Å²) in [5.74, 6) is -1.27. The van der Waals surface area contributed by atoms with Crippen LogP contribution in [0.5, 0.6) is 0 Å². The number of aliphatic carboxylic acids is 1. The SMILES string of the molecule is O=C(O)CN1C(=O)[C@H]2CCCCN2c2ccc(C(=O)N3CCCC3)cc21. The highest BCUT2D eigenvalue weighted by atomic mass is 16.4. The van der Waals surface area contributed by atoms with Crippen molar-refractivity contribution in [2.24, 2.45) is 0 Å². The highest BCUT2D eigenvalue weighted by molar-refractivity contribution is 6.09. The van der Waals surface area contributed by atoms with E-state index in [4.69, 9.17) is 0 Å². The number of carboxylic acid groups (broad SMARTS) is 1. The van der Waals surface area contributed by atoms with Gasteiger partial charge in [0.05, 0.1) is 11.4 Å². The highest BCUT2D eigenvalue weighted by Gasteiger charge is 2.40. The molecule has 1 N–H and O–H groups in total. The van der Waals surface area contributed by atoms with E-state index in [0.717, 1.165) is 57.4 Å². The number of benzene rings is 1. The normalized spacial score (nSPS) is 22.2. The Kier molecular flexibility index (Phi) is 4.30. The molecular weight excluding hydrogens is 334 g/mol. The fraction of sp³-hybridized carbons (Fsp3) is 0.526. The third kappa shape index (κ3) is 2.81. The van der Waals surface area contributed by atoms with Gasteiger partial charge in [0.1, 0.15) is 12.6 Å². The van der Waals surface area contributed by atoms with Crippen LogP contribution < -0.4 is 9.80 Å². The average molecular weight is 357 g/mol. The Hall–Kier alpha value is -2.57. The molecule has 2 amide bonds. The quantitative estimate of drug-likeness (QED) is 0.891. The number of anilines is 2. The first-order valence-electron chi connectivity index (χ1n) is 9.29. The van der Waals surface area contributed by atoms with Gasteiger partial charge >= 0.3 is 5.97 Å². The molecule has 1 aromatic rings. The maximum absolute atomic E-state index is 12.9. The Morgan fingerprint density at radius 2 is 1.77 bits per heavy atom. The second-order valence-corrected chi connectivity index (χ2v) is 7.23. The molecule has 1 aromatic carbocycles. The van der Waals surface area contributed by atoms with Crippen LogP contribution in [0.4, 0.5) is 11.4 Å². The zero-order valence-electron chi connectivity index (χ0n) is 14.7. The van der Waals surface area contributed by atoms with Crippen molar-refractivity contribution in [2.45, 2.75) is 38.1 Å². The lowest BCUT2D eigenvalue weighted by molar-refractivity contribution is -0.137. The molecule has 0 saturated carbocycles. The minimum Gasteiger partial charge on any atom is -0.480 e. The van der Waals surface area contributed by atoms with E-state index in [-0.39, 0.29) is 24.4 Å². The first-order chi connectivity index (χ1) is 12.6. The van der Waals surface area contributed by atoms with E-state index in [1.807, 2.05) is 11.0 Å². The third-order valence-electron chi connectivity index (χ3n) is 5.56. The van der Waals surface area contributed by atoms with Gasteiger partial charge in [0, 0.05) is 25.2 Å². The average Bonchev–Trinajstić information content (AvgIpc) is 3.18. The molecule has 3 aliphatic heterocycles. The Labute approximate surface area is 152 Å². The number of amides is 2. The molecule has 1 atom stereocenters. The fourth-order valence-electron chi connectivity index (χ4n) is 4.29. The number of carbonyl (C=O) groups is 3. The number of nitrogens with zero attached hydrogens (tertiary/aromatic N) is 3. The van der Waals surface area contributed by atoms with Crippen molar-refractivity contribution in [3.63, 3.8) is 0 Å². The van der Waals surface area contributed by atoms with Crippen molar-refractivity contribution in [2.75, 3.05) is 36.0 Å². The number of hydrogen-bond acceptors (Lipinski definition) is 4. The van der Waals surface area contributed by atoms with Crippen LogP contribution in [0.3, 0.4) is 0 Å². The van der Waals surface area contributed by atoms with Crippen molar-refractivity contribution in [1.82, 2.24) is 4.90 Å². The van der Waals surface area contributed by atoms with E-state index in [0.29, 0.717) is 11.3 Å². The molecule has 0 spiro atoms. The van der Waals surface area contributed by atoms with E-state index in [1.165, 1.54) is 4.90 Å². The molecule has 138 valence electrons. The molecule has 4 rings (SSSR count). The van der Waals surface area contributed by atoms with Crippen LogP contribution in [0.15, 0.2) is 18.2 Å². The zero-order chi connectivity index (χ0) is 18.3. The molecule has 2 fully saturated rings. The van der Waals surface area contributed by atoms with Crippen molar-refractivity contribution in [3.05, 3.63) is 23.8 Å². The standard InChI is InChI=1S/C19H23N3O4/c23-17(24)12-22-16-11-13(18(25)20-8-3-4-9-20)6-7-14(16)21-10-2-1-5-15(21)19(22)26/h6-7,11,15H,1-5,8-10,12H2,(H,23,24)/t15-/m1/s1. The number of hydrogen-bond donors (Lipinski definition) is 1. The molecule has 0 unspecified atom stereocenters. The Morgan fingerprint density at radius 3 is 2.50 bits per heavy atom. The maximum atomic E-state index is 12.9. The van der Waals surface area contributed by atoms with Gasteiger partial charge in [-0.15, -0.1) is 0 Å². The van der Waals surface area contributed by atoms with Crippen molar-refractivity contribution >= 4 is 29.2 Å². The number of piperidine rings is 1. The number of rotatable bonds is 3. The van der Waals surface area contributed by atoms with Gasteiger partial charge in [0.15, 0.2) is 0 Å². The number of fused-ring (bicyclic) bond motifs is 3. The van der Waals surface area contributed by atoms with Gasteiger partial charge in [-0.3, -0.25) is 19.3 Å². The lowest BCUT2D eigenvalue weighted by atomic mass is 9.95. The van der Waals surface area contributed by atoms with Crippen LogP contribution in [0.2, 0.25) is 0 Å².